The minimum atomic E-state index is -0.417. The molecule has 6 heteroatoms. The molecule has 2 heterocycles. The predicted octanol–water partition coefficient (Wildman–Crippen LogP) is 3.94. The van der Waals surface area contributed by atoms with Crippen LogP contribution in [0.1, 0.15) is 13.8 Å². The molecule has 0 fully saturated rings. The summed E-state index contributed by atoms with van der Waals surface area (Å²) in [5.41, 5.74) is 2.42. The zero-order chi connectivity index (χ0) is 16.4. The summed E-state index contributed by atoms with van der Waals surface area (Å²) in [5.74, 6) is 1.30. The van der Waals surface area contributed by atoms with E-state index in [9.17, 15) is 10.1 Å². The Hall–Kier alpha value is -2.89. The fourth-order valence-corrected chi connectivity index (χ4v) is 2.21. The van der Waals surface area contributed by atoms with Gasteiger partial charge in [0.2, 0.25) is 0 Å². The van der Waals surface area contributed by atoms with Crippen LogP contribution in [0.5, 0.6) is 5.75 Å². The van der Waals surface area contributed by atoms with Crippen LogP contribution in [-0.2, 0) is 0 Å². The van der Waals surface area contributed by atoms with E-state index < -0.39 is 4.92 Å². The lowest BCUT2D eigenvalue weighted by Crippen LogP contribution is -2.04. The lowest BCUT2D eigenvalue weighted by molar-refractivity contribution is -0.385. The van der Waals surface area contributed by atoms with E-state index >= 15 is 0 Å². The fourth-order valence-electron chi connectivity index (χ4n) is 2.21. The minimum absolute atomic E-state index is 0.0406. The van der Waals surface area contributed by atoms with Crippen molar-refractivity contribution in [1.29, 1.82) is 0 Å². The topological polar surface area (TPSA) is 69.7 Å². The molecular weight excluding hydrogens is 294 g/mol. The summed E-state index contributed by atoms with van der Waals surface area (Å²) in [4.78, 5) is 14.9. The van der Waals surface area contributed by atoms with Gasteiger partial charge in [0, 0.05) is 17.8 Å². The molecule has 1 aromatic carbocycles. The minimum Gasteiger partial charge on any atom is -0.493 e. The highest BCUT2D eigenvalue weighted by molar-refractivity contribution is 5.63. The maximum Gasteiger partial charge on any atom is 0.286 e. The smallest absolute Gasteiger partial charge is 0.286 e. The first-order valence-corrected chi connectivity index (χ1v) is 7.39. The molecule has 0 radical (unpaired) electrons. The maximum absolute atomic E-state index is 10.8. The molecule has 0 aliphatic heterocycles. The van der Waals surface area contributed by atoms with Gasteiger partial charge in [0.15, 0.2) is 0 Å². The largest absolute Gasteiger partial charge is 0.493 e. The van der Waals surface area contributed by atoms with E-state index in [-0.39, 0.29) is 5.69 Å². The number of hydrogen-bond donors (Lipinski definition) is 0. The maximum atomic E-state index is 10.8. The first kappa shape index (κ1) is 15.0. The Morgan fingerprint density at radius 3 is 2.57 bits per heavy atom. The Bertz CT molecular complexity index is 838. The quantitative estimate of drug-likeness (QED) is 0.528. The van der Waals surface area contributed by atoms with E-state index in [4.69, 9.17) is 4.74 Å². The van der Waals surface area contributed by atoms with E-state index in [0.717, 1.165) is 17.0 Å². The van der Waals surface area contributed by atoms with Crippen LogP contribution < -0.4 is 4.74 Å². The number of imidazole rings is 1. The highest BCUT2D eigenvalue weighted by atomic mass is 16.6. The van der Waals surface area contributed by atoms with Crippen molar-refractivity contribution in [3.05, 3.63) is 58.9 Å². The molecule has 2 aromatic heterocycles. The molecular formula is C17H17N3O3. The molecule has 118 valence electrons. The standard InChI is InChI=1S/C17H17N3O3/c1-12(2)11-23-15-6-3-13(4-7-15)16-10-19-9-14(20(21)22)5-8-17(19)18-16/h3-10,12H,11H2,1-2H3. The summed E-state index contributed by atoms with van der Waals surface area (Å²) in [7, 11) is 0. The van der Waals surface area contributed by atoms with Gasteiger partial charge in [0.1, 0.15) is 11.4 Å². The zero-order valence-electron chi connectivity index (χ0n) is 13.0. The first-order valence-electron chi connectivity index (χ1n) is 7.39. The van der Waals surface area contributed by atoms with Crippen molar-refractivity contribution in [3.8, 4) is 17.0 Å². The van der Waals surface area contributed by atoms with Gasteiger partial charge in [-0.25, -0.2) is 4.98 Å². The van der Waals surface area contributed by atoms with E-state index in [1.165, 1.54) is 12.3 Å². The van der Waals surface area contributed by atoms with Crippen LogP contribution >= 0.6 is 0 Å². The average molecular weight is 311 g/mol. The molecule has 0 atom stereocenters. The molecule has 3 aromatic rings. The SMILES string of the molecule is CC(C)COc1ccc(-c2cn3cc([N+](=O)[O-])ccc3n2)cc1. The Labute approximate surface area is 133 Å². The number of ether oxygens (including phenoxy) is 1. The van der Waals surface area contributed by atoms with Gasteiger partial charge in [-0.1, -0.05) is 13.8 Å². The van der Waals surface area contributed by atoms with Crippen molar-refractivity contribution in [2.45, 2.75) is 13.8 Å². The lowest BCUT2D eigenvalue weighted by atomic mass is 10.1. The van der Waals surface area contributed by atoms with Crippen LogP contribution in [-0.4, -0.2) is 20.9 Å². The number of fused-ring (bicyclic) bond motifs is 1. The zero-order valence-corrected chi connectivity index (χ0v) is 13.0. The average Bonchev–Trinajstić information content (AvgIpc) is 2.96. The second-order valence-corrected chi connectivity index (χ2v) is 5.77. The van der Waals surface area contributed by atoms with Gasteiger partial charge in [-0.05, 0) is 36.2 Å². The highest BCUT2D eigenvalue weighted by Gasteiger charge is 2.09. The van der Waals surface area contributed by atoms with Gasteiger partial charge in [0.05, 0.1) is 23.4 Å². The Kier molecular flexibility index (Phi) is 3.97. The van der Waals surface area contributed by atoms with Crippen LogP contribution in [0, 0.1) is 16.0 Å². The fraction of sp³-hybridized carbons (Fsp3) is 0.235. The van der Waals surface area contributed by atoms with E-state index in [1.54, 1.807) is 16.7 Å². The third-order valence-electron chi connectivity index (χ3n) is 3.38. The van der Waals surface area contributed by atoms with Gasteiger partial charge >= 0.3 is 0 Å². The number of nitrogens with zero attached hydrogens (tertiary/aromatic N) is 3. The van der Waals surface area contributed by atoms with Crippen LogP contribution in [0.25, 0.3) is 16.9 Å². The molecule has 0 aliphatic carbocycles. The number of rotatable bonds is 5. The summed E-state index contributed by atoms with van der Waals surface area (Å²) in [5, 5.41) is 10.8. The number of pyridine rings is 1. The number of hydrogen-bond acceptors (Lipinski definition) is 4. The highest BCUT2D eigenvalue weighted by Crippen LogP contribution is 2.23. The van der Waals surface area contributed by atoms with Crippen LogP contribution in [0.15, 0.2) is 48.8 Å². The molecule has 0 unspecified atom stereocenters. The third kappa shape index (κ3) is 3.31. The number of aromatic nitrogens is 2. The monoisotopic (exact) mass is 311 g/mol. The number of benzene rings is 1. The molecule has 0 N–H and O–H groups in total. The van der Waals surface area contributed by atoms with Gasteiger partial charge in [-0.2, -0.15) is 0 Å². The van der Waals surface area contributed by atoms with Gasteiger partial charge in [-0.3, -0.25) is 14.5 Å². The Morgan fingerprint density at radius 1 is 1.17 bits per heavy atom. The summed E-state index contributed by atoms with van der Waals surface area (Å²) in [6.07, 6.45) is 3.25. The summed E-state index contributed by atoms with van der Waals surface area (Å²) in [6.45, 7) is 4.88. The molecule has 3 rings (SSSR count). The summed E-state index contributed by atoms with van der Waals surface area (Å²) < 4.78 is 7.32. The molecule has 0 spiro atoms. The van der Waals surface area contributed by atoms with Gasteiger partial charge in [0.25, 0.3) is 5.69 Å². The molecule has 23 heavy (non-hydrogen) atoms. The van der Waals surface area contributed by atoms with Crippen molar-refractivity contribution in [2.75, 3.05) is 6.61 Å². The molecule has 0 saturated carbocycles. The van der Waals surface area contributed by atoms with Crippen molar-refractivity contribution < 1.29 is 9.66 Å². The van der Waals surface area contributed by atoms with Crippen molar-refractivity contribution in [3.63, 3.8) is 0 Å². The van der Waals surface area contributed by atoms with Crippen LogP contribution in [0.3, 0.4) is 0 Å². The van der Waals surface area contributed by atoms with Crippen molar-refractivity contribution in [1.82, 2.24) is 9.38 Å². The normalized spacial score (nSPS) is 11.1. The second kappa shape index (κ2) is 6.08. The summed E-state index contributed by atoms with van der Waals surface area (Å²) >= 11 is 0. The molecule has 6 nitrogen and oxygen atoms in total. The Morgan fingerprint density at radius 2 is 1.91 bits per heavy atom. The van der Waals surface area contributed by atoms with Crippen molar-refractivity contribution >= 4 is 11.3 Å². The first-order chi connectivity index (χ1) is 11.0. The van der Waals surface area contributed by atoms with E-state index in [0.29, 0.717) is 18.2 Å². The van der Waals surface area contributed by atoms with Crippen LogP contribution in [0.2, 0.25) is 0 Å². The third-order valence-corrected chi connectivity index (χ3v) is 3.38. The second-order valence-electron chi connectivity index (χ2n) is 5.77. The Balaban J connectivity index is 1.86. The molecule has 0 saturated heterocycles. The molecule has 0 bridgehead atoms. The van der Waals surface area contributed by atoms with Gasteiger partial charge in [-0.15, -0.1) is 0 Å². The van der Waals surface area contributed by atoms with Gasteiger partial charge < -0.3 is 4.74 Å². The van der Waals surface area contributed by atoms with E-state index in [2.05, 4.69) is 18.8 Å². The van der Waals surface area contributed by atoms with Crippen molar-refractivity contribution in [2.24, 2.45) is 5.92 Å². The lowest BCUT2D eigenvalue weighted by Gasteiger charge is -2.08. The molecule has 0 amide bonds. The van der Waals surface area contributed by atoms with Crippen LogP contribution in [0.4, 0.5) is 5.69 Å². The predicted molar refractivity (Wildman–Crippen MR) is 87.6 cm³/mol. The molecule has 0 aliphatic rings. The summed E-state index contributed by atoms with van der Waals surface area (Å²) in [6, 6.07) is 10.8. The number of nitro groups is 1. The van der Waals surface area contributed by atoms with E-state index in [1.807, 2.05) is 24.3 Å².